The number of nitriles is 1. The Morgan fingerprint density at radius 3 is 2.67 bits per heavy atom. The zero-order valence-corrected chi connectivity index (χ0v) is 13.5. The van der Waals surface area contributed by atoms with E-state index in [-0.39, 0.29) is 11.4 Å². The molecule has 0 atom stereocenters. The average Bonchev–Trinajstić information content (AvgIpc) is 2.56. The number of amides is 1. The van der Waals surface area contributed by atoms with Crippen molar-refractivity contribution >= 4 is 23.2 Å². The number of benzene rings is 2. The highest BCUT2D eigenvalue weighted by atomic mass is 35.5. The molecule has 0 bridgehead atoms. The van der Waals surface area contributed by atoms with Crippen molar-refractivity contribution in [2.75, 3.05) is 11.9 Å². The van der Waals surface area contributed by atoms with Crippen molar-refractivity contribution < 1.29 is 9.18 Å². The van der Waals surface area contributed by atoms with Gasteiger partial charge in [0, 0.05) is 23.5 Å². The first kappa shape index (κ1) is 17.5. The number of anilines is 1. The maximum Gasteiger partial charge on any atom is 0.267 e. The van der Waals surface area contributed by atoms with Gasteiger partial charge in [0.15, 0.2) is 0 Å². The van der Waals surface area contributed by atoms with Gasteiger partial charge in [-0.15, -0.1) is 0 Å². The lowest BCUT2D eigenvalue weighted by molar-refractivity contribution is -0.112. The van der Waals surface area contributed by atoms with Crippen LogP contribution in [0.4, 0.5) is 10.1 Å². The molecular formula is C18H15ClFN3O. The zero-order chi connectivity index (χ0) is 17.4. The number of nitrogens with zero attached hydrogens (tertiary/aromatic N) is 1. The summed E-state index contributed by atoms with van der Waals surface area (Å²) in [7, 11) is 0. The Bertz CT molecular complexity index is 782. The van der Waals surface area contributed by atoms with E-state index in [1.165, 1.54) is 18.3 Å². The first-order valence-corrected chi connectivity index (χ1v) is 7.61. The van der Waals surface area contributed by atoms with Gasteiger partial charge in [-0.2, -0.15) is 5.26 Å². The molecule has 0 spiro atoms. The molecule has 2 aromatic carbocycles. The maximum absolute atomic E-state index is 12.8. The number of hydrogen-bond donors (Lipinski definition) is 2. The molecule has 1 amide bonds. The Morgan fingerprint density at radius 2 is 2.00 bits per heavy atom. The molecule has 0 fully saturated rings. The Balaban J connectivity index is 1.87. The third-order valence-electron chi connectivity index (χ3n) is 3.17. The number of rotatable bonds is 6. The topological polar surface area (TPSA) is 64.9 Å². The first-order valence-electron chi connectivity index (χ1n) is 7.23. The van der Waals surface area contributed by atoms with E-state index in [9.17, 15) is 9.18 Å². The van der Waals surface area contributed by atoms with Gasteiger partial charge in [-0.1, -0.05) is 29.8 Å². The monoisotopic (exact) mass is 343 g/mol. The van der Waals surface area contributed by atoms with E-state index in [1.807, 2.05) is 6.07 Å². The lowest BCUT2D eigenvalue weighted by atomic mass is 10.1. The number of carbonyl (C=O) groups is 1. The number of carbonyl (C=O) groups excluding carboxylic acids is 1. The molecule has 0 unspecified atom stereocenters. The van der Waals surface area contributed by atoms with Crippen molar-refractivity contribution in [3.63, 3.8) is 0 Å². The van der Waals surface area contributed by atoms with Gasteiger partial charge in [-0.25, -0.2) is 4.39 Å². The fraction of sp³-hybridized carbons (Fsp3) is 0.111. The summed E-state index contributed by atoms with van der Waals surface area (Å²) in [6.07, 6.45) is 2.01. The van der Waals surface area contributed by atoms with Gasteiger partial charge in [-0.05, 0) is 42.3 Å². The third kappa shape index (κ3) is 5.41. The molecule has 24 heavy (non-hydrogen) atoms. The molecule has 0 aliphatic carbocycles. The molecule has 2 aromatic rings. The smallest absolute Gasteiger partial charge is 0.267 e. The first-order chi connectivity index (χ1) is 11.6. The molecule has 4 nitrogen and oxygen atoms in total. The summed E-state index contributed by atoms with van der Waals surface area (Å²) in [6.45, 7) is 0.515. The van der Waals surface area contributed by atoms with E-state index >= 15 is 0 Å². The molecule has 2 rings (SSSR count). The molecule has 122 valence electrons. The molecule has 0 aromatic heterocycles. The van der Waals surface area contributed by atoms with E-state index < -0.39 is 5.91 Å². The van der Waals surface area contributed by atoms with Gasteiger partial charge < -0.3 is 10.6 Å². The zero-order valence-electron chi connectivity index (χ0n) is 12.7. The van der Waals surface area contributed by atoms with Gasteiger partial charge >= 0.3 is 0 Å². The lowest BCUT2D eigenvalue weighted by Crippen LogP contribution is -2.18. The van der Waals surface area contributed by atoms with E-state index in [2.05, 4.69) is 10.6 Å². The molecule has 0 heterocycles. The Kier molecular flexibility index (Phi) is 6.35. The quantitative estimate of drug-likeness (QED) is 0.478. The maximum atomic E-state index is 12.8. The Hall–Kier alpha value is -2.84. The average molecular weight is 344 g/mol. The molecule has 0 saturated heterocycles. The molecule has 0 radical (unpaired) electrons. The van der Waals surface area contributed by atoms with Crippen molar-refractivity contribution in [1.82, 2.24) is 5.32 Å². The highest BCUT2D eigenvalue weighted by Crippen LogP contribution is 2.15. The van der Waals surface area contributed by atoms with Gasteiger partial charge in [-0.3, -0.25) is 4.79 Å². The van der Waals surface area contributed by atoms with Gasteiger partial charge in [0.05, 0.1) is 0 Å². The second-order valence-electron chi connectivity index (χ2n) is 4.96. The second-order valence-corrected chi connectivity index (χ2v) is 5.40. The van der Waals surface area contributed by atoms with E-state index in [0.717, 1.165) is 5.56 Å². The fourth-order valence-corrected chi connectivity index (χ4v) is 2.15. The number of hydrogen-bond acceptors (Lipinski definition) is 3. The van der Waals surface area contributed by atoms with Crippen LogP contribution >= 0.6 is 11.6 Å². The molecule has 2 N–H and O–H groups in total. The molecule has 0 aliphatic heterocycles. The van der Waals surface area contributed by atoms with Crippen LogP contribution in [0.25, 0.3) is 0 Å². The summed E-state index contributed by atoms with van der Waals surface area (Å²) in [5.74, 6) is -0.801. The van der Waals surface area contributed by atoms with Crippen molar-refractivity contribution in [3.8, 4) is 6.07 Å². The summed E-state index contributed by atoms with van der Waals surface area (Å²) < 4.78 is 12.8. The van der Waals surface area contributed by atoms with E-state index in [0.29, 0.717) is 23.7 Å². The van der Waals surface area contributed by atoms with Crippen LogP contribution in [0.2, 0.25) is 5.02 Å². The predicted molar refractivity (Wildman–Crippen MR) is 91.9 cm³/mol. The minimum atomic E-state index is -0.519. The van der Waals surface area contributed by atoms with E-state index in [1.54, 1.807) is 36.4 Å². The van der Waals surface area contributed by atoms with Gasteiger partial charge in [0.2, 0.25) is 0 Å². The summed E-state index contributed by atoms with van der Waals surface area (Å²) in [5, 5.41) is 15.1. The summed E-state index contributed by atoms with van der Waals surface area (Å²) in [4.78, 5) is 12.0. The molecular weight excluding hydrogens is 329 g/mol. The van der Waals surface area contributed by atoms with Gasteiger partial charge in [0.25, 0.3) is 5.91 Å². The van der Waals surface area contributed by atoms with Crippen molar-refractivity contribution in [2.45, 2.75) is 6.42 Å². The summed E-state index contributed by atoms with van der Waals surface area (Å²) in [6, 6.07) is 14.7. The Morgan fingerprint density at radius 1 is 1.25 bits per heavy atom. The second kappa shape index (κ2) is 8.70. The van der Waals surface area contributed by atoms with Crippen LogP contribution in [-0.4, -0.2) is 12.5 Å². The molecule has 0 saturated carbocycles. The fourth-order valence-electron chi connectivity index (χ4n) is 1.96. The van der Waals surface area contributed by atoms with Crippen molar-refractivity contribution in [3.05, 3.63) is 76.7 Å². The van der Waals surface area contributed by atoms with Crippen LogP contribution in [0, 0.1) is 17.1 Å². The summed E-state index contributed by atoms with van der Waals surface area (Å²) >= 11 is 5.85. The summed E-state index contributed by atoms with van der Waals surface area (Å²) in [5.41, 5.74) is 1.42. The minimum Gasteiger partial charge on any atom is -0.389 e. The number of halogens is 2. The normalized spacial score (nSPS) is 10.8. The van der Waals surface area contributed by atoms with Crippen LogP contribution in [0.15, 0.2) is 60.3 Å². The van der Waals surface area contributed by atoms with Crippen LogP contribution in [0.3, 0.4) is 0 Å². The highest BCUT2D eigenvalue weighted by Gasteiger charge is 2.09. The molecule has 0 aliphatic rings. The lowest BCUT2D eigenvalue weighted by Gasteiger charge is -2.06. The minimum absolute atomic E-state index is 0.0471. The van der Waals surface area contributed by atoms with Crippen LogP contribution in [0.1, 0.15) is 5.56 Å². The van der Waals surface area contributed by atoms with Crippen molar-refractivity contribution in [1.29, 1.82) is 5.26 Å². The largest absolute Gasteiger partial charge is 0.389 e. The molecule has 6 heteroatoms. The van der Waals surface area contributed by atoms with Crippen LogP contribution in [-0.2, 0) is 11.2 Å². The highest BCUT2D eigenvalue weighted by molar-refractivity contribution is 6.31. The SMILES string of the molecule is N#C/C(=C/NCCc1ccc(F)cc1)C(=O)Nc1cccc(Cl)c1. The van der Waals surface area contributed by atoms with Gasteiger partial charge in [0.1, 0.15) is 17.5 Å². The third-order valence-corrected chi connectivity index (χ3v) is 3.40. The predicted octanol–water partition coefficient (Wildman–Crippen LogP) is 3.66. The van der Waals surface area contributed by atoms with E-state index in [4.69, 9.17) is 16.9 Å². The van der Waals surface area contributed by atoms with Crippen LogP contribution < -0.4 is 10.6 Å². The standard InChI is InChI=1S/C18H15ClFN3O/c19-15-2-1-3-17(10-15)23-18(24)14(11-21)12-22-9-8-13-4-6-16(20)7-5-13/h1-7,10,12,22H,8-9H2,(H,23,24)/b14-12-. The van der Waals surface area contributed by atoms with Crippen LogP contribution in [0.5, 0.6) is 0 Å². The van der Waals surface area contributed by atoms with Crippen molar-refractivity contribution in [2.24, 2.45) is 0 Å². The Labute approximate surface area is 144 Å². The number of nitrogens with one attached hydrogen (secondary N) is 2.